The van der Waals surface area contributed by atoms with E-state index in [4.69, 9.17) is 0 Å². The first kappa shape index (κ1) is 13.1. The van der Waals surface area contributed by atoms with Crippen LogP contribution in [0.3, 0.4) is 0 Å². The van der Waals surface area contributed by atoms with Gasteiger partial charge >= 0.3 is 0 Å². The summed E-state index contributed by atoms with van der Waals surface area (Å²) in [5.74, 6) is 2.83. The predicted molar refractivity (Wildman–Crippen MR) is 76.0 cm³/mol. The van der Waals surface area contributed by atoms with Crippen molar-refractivity contribution in [1.82, 2.24) is 9.97 Å². The first-order valence-electron chi connectivity index (χ1n) is 7.08. The van der Waals surface area contributed by atoms with E-state index in [1.54, 1.807) is 6.33 Å². The van der Waals surface area contributed by atoms with Gasteiger partial charge < -0.3 is 10.6 Å². The van der Waals surface area contributed by atoms with Crippen molar-refractivity contribution in [1.29, 1.82) is 0 Å². The molecule has 1 saturated carbocycles. The molecule has 1 fully saturated rings. The van der Waals surface area contributed by atoms with Crippen molar-refractivity contribution in [2.75, 3.05) is 17.7 Å². The topological polar surface area (TPSA) is 49.8 Å². The normalized spacial score (nSPS) is 21.7. The fraction of sp³-hybridized carbons (Fsp3) is 0.714. The Kier molecular flexibility index (Phi) is 4.39. The van der Waals surface area contributed by atoms with Gasteiger partial charge in [0.25, 0.3) is 0 Å². The molecule has 0 aromatic carbocycles. The molecule has 0 bridgehead atoms. The Labute approximate surface area is 110 Å². The van der Waals surface area contributed by atoms with Crippen LogP contribution in [0.1, 0.15) is 45.1 Å². The van der Waals surface area contributed by atoms with Gasteiger partial charge in [-0.05, 0) is 25.2 Å². The van der Waals surface area contributed by atoms with Crippen LogP contribution in [0, 0.1) is 5.92 Å². The van der Waals surface area contributed by atoms with Crippen molar-refractivity contribution in [2.24, 2.45) is 5.92 Å². The molecular weight excluding hydrogens is 224 g/mol. The minimum absolute atomic E-state index is 0.625. The number of anilines is 2. The van der Waals surface area contributed by atoms with Gasteiger partial charge in [0.05, 0.1) is 0 Å². The average molecular weight is 248 g/mol. The highest BCUT2D eigenvalue weighted by atomic mass is 15.1. The van der Waals surface area contributed by atoms with E-state index in [1.807, 2.05) is 7.05 Å². The molecule has 0 spiro atoms. The highest BCUT2D eigenvalue weighted by Crippen LogP contribution is 2.38. The van der Waals surface area contributed by atoms with Gasteiger partial charge in [-0.3, -0.25) is 0 Å². The van der Waals surface area contributed by atoms with Crippen molar-refractivity contribution >= 4 is 11.6 Å². The van der Waals surface area contributed by atoms with E-state index in [2.05, 4.69) is 34.4 Å². The monoisotopic (exact) mass is 248 g/mol. The number of rotatable bonds is 7. The summed E-state index contributed by atoms with van der Waals surface area (Å²) in [6, 6.07) is 0.625. The van der Waals surface area contributed by atoms with E-state index < -0.39 is 0 Å². The molecule has 2 rings (SSSR count). The zero-order valence-corrected chi connectivity index (χ0v) is 11.7. The lowest BCUT2D eigenvalue weighted by Gasteiger charge is -2.13. The first-order valence-corrected chi connectivity index (χ1v) is 7.08. The van der Waals surface area contributed by atoms with E-state index in [0.717, 1.165) is 30.4 Å². The molecule has 1 heterocycles. The van der Waals surface area contributed by atoms with Crippen molar-refractivity contribution in [3.05, 3.63) is 11.9 Å². The Morgan fingerprint density at radius 2 is 2.00 bits per heavy atom. The summed E-state index contributed by atoms with van der Waals surface area (Å²) in [4.78, 5) is 8.72. The molecule has 1 aromatic rings. The molecule has 2 unspecified atom stereocenters. The van der Waals surface area contributed by atoms with Crippen molar-refractivity contribution < 1.29 is 0 Å². The van der Waals surface area contributed by atoms with Gasteiger partial charge in [0.15, 0.2) is 0 Å². The van der Waals surface area contributed by atoms with E-state index >= 15 is 0 Å². The largest absolute Gasteiger partial charge is 0.373 e. The van der Waals surface area contributed by atoms with Crippen LogP contribution in [0.25, 0.3) is 0 Å². The second-order valence-corrected chi connectivity index (χ2v) is 5.08. The van der Waals surface area contributed by atoms with Crippen LogP contribution in [0.2, 0.25) is 0 Å². The van der Waals surface area contributed by atoms with Crippen LogP contribution in [0.15, 0.2) is 6.33 Å². The van der Waals surface area contributed by atoms with Gasteiger partial charge in [0.2, 0.25) is 0 Å². The Bertz CT molecular complexity index is 391. The Morgan fingerprint density at radius 3 is 2.67 bits per heavy atom. The van der Waals surface area contributed by atoms with Gasteiger partial charge in [0, 0.05) is 18.7 Å². The lowest BCUT2D eigenvalue weighted by atomic mass is 10.1. The van der Waals surface area contributed by atoms with E-state index in [0.29, 0.717) is 6.04 Å². The minimum Gasteiger partial charge on any atom is -0.373 e. The summed E-state index contributed by atoms with van der Waals surface area (Å²) in [5, 5.41) is 6.75. The molecule has 0 amide bonds. The zero-order valence-electron chi connectivity index (χ0n) is 11.7. The predicted octanol–water partition coefficient (Wildman–Crippen LogP) is 3.07. The van der Waals surface area contributed by atoms with E-state index in [9.17, 15) is 0 Å². The SMILES string of the molecule is CCCc1c(NC)ncnc1NC1CC1CCC. The van der Waals surface area contributed by atoms with Crippen LogP contribution in [-0.2, 0) is 6.42 Å². The first-order chi connectivity index (χ1) is 8.80. The van der Waals surface area contributed by atoms with Crippen molar-refractivity contribution in [2.45, 2.75) is 52.0 Å². The number of hydrogen-bond acceptors (Lipinski definition) is 4. The maximum Gasteiger partial charge on any atom is 0.134 e. The molecule has 4 nitrogen and oxygen atoms in total. The smallest absolute Gasteiger partial charge is 0.134 e. The third-order valence-electron chi connectivity index (χ3n) is 3.59. The molecular formula is C14H24N4. The van der Waals surface area contributed by atoms with E-state index in [-0.39, 0.29) is 0 Å². The molecule has 1 aliphatic carbocycles. The summed E-state index contributed by atoms with van der Waals surface area (Å²) >= 11 is 0. The molecule has 2 N–H and O–H groups in total. The van der Waals surface area contributed by atoms with Crippen molar-refractivity contribution in [3.63, 3.8) is 0 Å². The third kappa shape index (κ3) is 2.92. The molecule has 0 radical (unpaired) electrons. The van der Waals surface area contributed by atoms with Gasteiger partial charge in [-0.1, -0.05) is 26.7 Å². The maximum absolute atomic E-state index is 4.42. The fourth-order valence-electron chi connectivity index (χ4n) is 2.53. The summed E-state index contributed by atoms with van der Waals surface area (Å²) in [6.45, 7) is 4.44. The minimum atomic E-state index is 0.625. The molecule has 4 heteroatoms. The highest BCUT2D eigenvalue weighted by Gasteiger charge is 2.36. The van der Waals surface area contributed by atoms with Crippen LogP contribution < -0.4 is 10.6 Å². The number of hydrogen-bond donors (Lipinski definition) is 2. The number of aromatic nitrogens is 2. The molecule has 0 saturated heterocycles. The van der Waals surface area contributed by atoms with Crippen LogP contribution in [0.5, 0.6) is 0 Å². The Hall–Kier alpha value is -1.32. The summed E-state index contributed by atoms with van der Waals surface area (Å²) < 4.78 is 0. The molecule has 2 atom stereocenters. The van der Waals surface area contributed by atoms with Gasteiger partial charge in [-0.15, -0.1) is 0 Å². The zero-order chi connectivity index (χ0) is 13.0. The van der Waals surface area contributed by atoms with Crippen LogP contribution >= 0.6 is 0 Å². The van der Waals surface area contributed by atoms with Gasteiger partial charge in [-0.25, -0.2) is 9.97 Å². The summed E-state index contributed by atoms with van der Waals surface area (Å²) in [7, 11) is 1.92. The van der Waals surface area contributed by atoms with Gasteiger partial charge in [-0.2, -0.15) is 0 Å². The quantitative estimate of drug-likeness (QED) is 0.778. The average Bonchev–Trinajstić information content (AvgIpc) is 3.10. The molecule has 1 aromatic heterocycles. The van der Waals surface area contributed by atoms with Crippen molar-refractivity contribution in [3.8, 4) is 0 Å². The Morgan fingerprint density at radius 1 is 1.22 bits per heavy atom. The fourth-order valence-corrected chi connectivity index (χ4v) is 2.53. The standard InChI is InChI=1S/C14H24N4/c1-4-6-10-8-12(10)18-14-11(7-5-2)13(15-3)16-9-17-14/h9-10,12H,4-8H2,1-3H3,(H2,15,16,17,18). The summed E-state index contributed by atoms with van der Waals surface area (Å²) in [6.07, 6.45) is 7.66. The second-order valence-electron chi connectivity index (χ2n) is 5.08. The molecule has 18 heavy (non-hydrogen) atoms. The number of nitrogens with one attached hydrogen (secondary N) is 2. The van der Waals surface area contributed by atoms with Crippen LogP contribution in [0.4, 0.5) is 11.6 Å². The molecule has 1 aliphatic rings. The lowest BCUT2D eigenvalue weighted by Crippen LogP contribution is -2.11. The number of nitrogens with zero attached hydrogens (tertiary/aromatic N) is 2. The maximum atomic E-state index is 4.42. The Balaban J connectivity index is 2.07. The highest BCUT2D eigenvalue weighted by molar-refractivity contribution is 5.58. The molecule has 0 aliphatic heterocycles. The lowest BCUT2D eigenvalue weighted by molar-refractivity contribution is 0.691. The third-order valence-corrected chi connectivity index (χ3v) is 3.59. The second kappa shape index (κ2) is 6.03. The molecule has 100 valence electrons. The van der Waals surface area contributed by atoms with E-state index in [1.165, 1.54) is 24.8 Å². The van der Waals surface area contributed by atoms with Crippen LogP contribution in [-0.4, -0.2) is 23.1 Å². The van der Waals surface area contributed by atoms with Gasteiger partial charge in [0.1, 0.15) is 18.0 Å². The summed E-state index contributed by atoms with van der Waals surface area (Å²) in [5.41, 5.74) is 1.23.